The van der Waals surface area contributed by atoms with Crippen molar-refractivity contribution >= 4 is 23.8 Å². The lowest BCUT2D eigenvalue weighted by atomic mass is 10.1. The monoisotopic (exact) mass is 446 g/mol. The maximum atomic E-state index is 6.56. The normalized spacial score (nSPS) is 10.8. The molecule has 0 bridgehead atoms. The Bertz CT molecular complexity index is 1050. The minimum absolute atomic E-state index is 0.420. The van der Waals surface area contributed by atoms with Gasteiger partial charge in [0, 0.05) is 6.42 Å². The van der Waals surface area contributed by atoms with E-state index in [-0.39, 0.29) is 0 Å². The van der Waals surface area contributed by atoms with Gasteiger partial charge in [-0.1, -0.05) is 48.4 Å². The number of hydrogen-bond donors (Lipinski definition) is 2. The van der Waals surface area contributed by atoms with E-state index in [1.54, 1.807) is 4.68 Å². The molecule has 0 saturated heterocycles. The molecule has 1 aromatic heterocycles. The summed E-state index contributed by atoms with van der Waals surface area (Å²) in [6.45, 7) is 7.55. The fourth-order valence-electron chi connectivity index (χ4n) is 3.14. The van der Waals surface area contributed by atoms with E-state index >= 15 is 0 Å². The summed E-state index contributed by atoms with van der Waals surface area (Å²) in [7, 11) is 0. The Morgan fingerprint density at radius 2 is 2.00 bits per heavy atom. The molecular weight excluding hydrogens is 420 g/mol. The predicted molar refractivity (Wildman–Crippen MR) is 123 cm³/mol. The Balaban J connectivity index is 1.77. The van der Waals surface area contributed by atoms with Crippen LogP contribution in [0, 0.1) is 11.7 Å². The summed E-state index contributed by atoms with van der Waals surface area (Å²) in [5.41, 5.74) is 6.53. The molecule has 160 valence electrons. The van der Waals surface area contributed by atoms with Gasteiger partial charge in [0.25, 0.3) is 0 Å². The number of nitrogens with zero attached hydrogens (tertiary/aromatic N) is 2. The molecule has 30 heavy (non-hydrogen) atoms. The van der Waals surface area contributed by atoms with Gasteiger partial charge in [-0.25, -0.2) is 4.68 Å². The van der Waals surface area contributed by atoms with Crippen molar-refractivity contribution in [3.05, 3.63) is 68.7 Å². The van der Waals surface area contributed by atoms with Gasteiger partial charge in [0.15, 0.2) is 17.3 Å². The average molecular weight is 447 g/mol. The number of halogens is 1. The van der Waals surface area contributed by atoms with E-state index < -0.39 is 0 Å². The summed E-state index contributed by atoms with van der Waals surface area (Å²) in [6, 6.07) is 12.0. The second-order valence-corrected chi connectivity index (χ2v) is 7.77. The van der Waals surface area contributed by atoms with Crippen molar-refractivity contribution in [1.82, 2.24) is 14.9 Å². The molecule has 0 saturated carbocycles. The Labute approximate surface area is 187 Å². The maximum absolute atomic E-state index is 6.56. The van der Waals surface area contributed by atoms with Gasteiger partial charge < -0.3 is 14.9 Å². The highest BCUT2D eigenvalue weighted by Crippen LogP contribution is 2.37. The maximum Gasteiger partial charge on any atom is 0.214 e. The van der Waals surface area contributed by atoms with Gasteiger partial charge in [0.1, 0.15) is 6.61 Å². The van der Waals surface area contributed by atoms with Crippen molar-refractivity contribution in [1.29, 1.82) is 0 Å². The smallest absolute Gasteiger partial charge is 0.214 e. The van der Waals surface area contributed by atoms with Gasteiger partial charge in [0.05, 0.1) is 18.2 Å². The highest BCUT2D eigenvalue weighted by Gasteiger charge is 2.14. The van der Waals surface area contributed by atoms with Crippen molar-refractivity contribution in [3.63, 3.8) is 0 Å². The van der Waals surface area contributed by atoms with E-state index in [1.165, 1.54) is 5.56 Å². The molecule has 0 aliphatic rings. The molecule has 0 fully saturated rings. The highest BCUT2D eigenvalue weighted by atomic mass is 35.5. The van der Waals surface area contributed by atoms with Crippen molar-refractivity contribution in [2.75, 3.05) is 12.0 Å². The molecule has 0 amide bonds. The molecular formula is C22H27ClN4O2S. The molecule has 3 rings (SSSR count). The molecule has 0 spiro atoms. The Hall–Kier alpha value is -2.51. The lowest BCUT2D eigenvalue weighted by molar-refractivity contribution is 0.269. The summed E-state index contributed by atoms with van der Waals surface area (Å²) >= 11 is 11.9. The Kier molecular flexibility index (Phi) is 7.76. The number of hydrogen-bond acceptors (Lipinski definition) is 5. The predicted octanol–water partition coefficient (Wildman–Crippen LogP) is 5.58. The van der Waals surface area contributed by atoms with Crippen LogP contribution < -0.4 is 14.9 Å². The second-order valence-electron chi connectivity index (χ2n) is 6.98. The number of H-pyrrole nitrogens is 1. The van der Waals surface area contributed by atoms with Crippen LogP contribution in [0.25, 0.3) is 0 Å². The topological polar surface area (TPSA) is 64.1 Å². The van der Waals surface area contributed by atoms with E-state index in [9.17, 15) is 0 Å². The van der Waals surface area contributed by atoms with E-state index in [1.807, 2.05) is 31.2 Å². The van der Waals surface area contributed by atoms with Crippen LogP contribution in [-0.2, 0) is 19.6 Å². The van der Waals surface area contributed by atoms with Crippen LogP contribution in [0.4, 0.5) is 0 Å². The first-order valence-electron chi connectivity index (χ1n) is 10.1. The first kappa shape index (κ1) is 22.2. The second kappa shape index (κ2) is 10.5. The number of aromatic nitrogens is 3. The zero-order valence-corrected chi connectivity index (χ0v) is 19.1. The van der Waals surface area contributed by atoms with Gasteiger partial charge >= 0.3 is 0 Å². The van der Waals surface area contributed by atoms with Crippen LogP contribution in [-0.4, -0.2) is 21.5 Å². The molecule has 0 aliphatic heterocycles. The van der Waals surface area contributed by atoms with E-state index in [0.717, 1.165) is 29.8 Å². The van der Waals surface area contributed by atoms with Gasteiger partial charge in [-0.2, -0.15) is 5.10 Å². The lowest BCUT2D eigenvalue weighted by Crippen LogP contribution is -2.17. The zero-order chi connectivity index (χ0) is 21.5. The van der Waals surface area contributed by atoms with Crippen LogP contribution >= 0.6 is 23.8 Å². The van der Waals surface area contributed by atoms with Crippen molar-refractivity contribution in [3.8, 4) is 11.5 Å². The first-order valence-corrected chi connectivity index (χ1v) is 10.8. The molecule has 0 atom stereocenters. The van der Waals surface area contributed by atoms with Crippen LogP contribution in [0.1, 0.15) is 42.8 Å². The molecule has 3 aromatic rings. The third-order valence-electron chi connectivity index (χ3n) is 4.49. The highest BCUT2D eigenvalue weighted by molar-refractivity contribution is 7.71. The van der Waals surface area contributed by atoms with Crippen molar-refractivity contribution in [2.45, 2.75) is 46.8 Å². The van der Waals surface area contributed by atoms with Crippen LogP contribution in [0.3, 0.4) is 0 Å². The van der Waals surface area contributed by atoms with E-state index in [4.69, 9.17) is 33.3 Å². The molecule has 1 heterocycles. The zero-order valence-electron chi connectivity index (χ0n) is 17.5. The fourth-order valence-corrected chi connectivity index (χ4v) is 3.64. The fraction of sp³-hybridized carbons (Fsp3) is 0.364. The van der Waals surface area contributed by atoms with Gasteiger partial charge in [-0.15, -0.1) is 0 Å². The average Bonchev–Trinajstić information content (AvgIpc) is 3.06. The number of nitrogens with one attached hydrogen (secondary N) is 2. The van der Waals surface area contributed by atoms with E-state index in [0.29, 0.717) is 41.1 Å². The quantitative estimate of drug-likeness (QED) is 0.398. The SMILES string of the molecule is CCCc1n[nH]c(=S)n1NCc1cc(Cl)c(OCc2cccc(C)c2)c(OCC)c1. The third-order valence-corrected chi connectivity index (χ3v) is 5.05. The Morgan fingerprint density at radius 1 is 1.17 bits per heavy atom. The number of benzene rings is 2. The van der Waals surface area contributed by atoms with Crippen molar-refractivity contribution < 1.29 is 9.47 Å². The number of rotatable bonds is 10. The number of ether oxygens (including phenoxy) is 2. The lowest BCUT2D eigenvalue weighted by Gasteiger charge is -2.16. The molecule has 0 radical (unpaired) electrons. The molecule has 6 nitrogen and oxygen atoms in total. The minimum Gasteiger partial charge on any atom is -0.490 e. The van der Waals surface area contributed by atoms with Crippen LogP contribution in [0.2, 0.25) is 5.02 Å². The Morgan fingerprint density at radius 3 is 2.73 bits per heavy atom. The molecule has 2 N–H and O–H groups in total. The van der Waals surface area contributed by atoms with Crippen molar-refractivity contribution in [2.24, 2.45) is 0 Å². The van der Waals surface area contributed by atoms with Gasteiger partial charge in [0.2, 0.25) is 4.77 Å². The third kappa shape index (κ3) is 5.55. The van der Waals surface area contributed by atoms with Crippen LogP contribution in [0.5, 0.6) is 11.5 Å². The van der Waals surface area contributed by atoms with Gasteiger partial charge in [-0.05, 0) is 55.7 Å². The molecule has 0 unspecified atom stereocenters. The summed E-state index contributed by atoms with van der Waals surface area (Å²) in [5.74, 6) is 2.05. The summed E-state index contributed by atoms with van der Waals surface area (Å²) in [6.07, 6.45) is 1.81. The summed E-state index contributed by atoms with van der Waals surface area (Å²) in [5, 5.41) is 7.61. The molecule has 0 aliphatic carbocycles. The number of aromatic amines is 1. The largest absolute Gasteiger partial charge is 0.490 e. The molecule has 2 aromatic carbocycles. The summed E-state index contributed by atoms with van der Waals surface area (Å²) in [4.78, 5) is 0. The molecule has 8 heteroatoms. The van der Waals surface area contributed by atoms with Crippen LogP contribution in [0.15, 0.2) is 36.4 Å². The minimum atomic E-state index is 0.420. The van der Waals surface area contributed by atoms with Gasteiger partial charge in [-0.3, -0.25) is 5.10 Å². The number of aryl methyl sites for hydroxylation is 2. The first-order chi connectivity index (χ1) is 14.5. The standard InChI is InChI=1S/C22H27ClN4O2S/c1-4-7-20-25-26-22(30)27(20)24-13-17-11-18(23)21(19(12-17)28-5-2)29-14-16-9-6-8-15(3)10-16/h6,8-12,24H,4-5,7,13-14H2,1-3H3,(H,26,30). The summed E-state index contributed by atoms with van der Waals surface area (Å²) < 4.78 is 14.2. The van der Waals surface area contributed by atoms with E-state index in [2.05, 4.69) is 41.6 Å².